The molecule has 0 saturated carbocycles. The van der Waals surface area contributed by atoms with Gasteiger partial charge < -0.3 is 11.1 Å². The third-order valence-electron chi connectivity index (χ3n) is 3.59. The molecule has 0 saturated heterocycles. The maximum atomic E-state index is 12.2. The minimum atomic E-state index is -0.127. The van der Waals surface area contributed by atoms with E-state index < -0.39 is 0 Å². The second-order valence-electron chi connectivity index (χ2n) is 5.44. The van der Waals surface area contributed by atoms with Crippen molar-refractivity contribution in [1.29, 1.82) is 0 Å². The summed E-state index contributed by atoms with van der Waals surface area (Å²) in [5, 5.41) is 4.42. The molecule has 1 aromatic heterocycles. The molecule has 23 heavy (non-hydrogen) atoms. The second kappa shape index (κ2) is 6.26. The molecule has 3 rings (SSSR count). The van der Waals surface area contributed by atoms with Crippen molar-refractivity contribution in [2.45, 2.75) is 13.3 Å². The number of amides is 1. The zero-order valence-electron chi connectivity index (χ0n) is 12.6. The van der Waals surface area contributed by atoms with E-state index >= 15 is 0 Å². The van der Waals surface area contributed by atoms with Crippen LogP contribution in [0.2, 0.25) is 5.02 Å². The summed E-state index contributed by atoms with van der Waals surface area (Å²) in [7, 11) is 0. The molecule has 0 aliphatic rings. The number of aryl methyl sites for hydroxylation is 1. The number of halogens is 1. The van der Waals surface area contributed by atoms with E-state index in [0.717, 1.165) is 22.2 Å². The summed E-state index contributed by atoms with van der Waals surface area (Å²) in [6, 6.07) is 14.7. The van der Waals surface area contributed by atoms with E-state index in [1.165, 1.54) is 0 Å². The normalized spacial score (nSPS) is 10.7. The monoisotopic (exact) mass is 325 g/mol. The number of aromatic nitrogens is 1. The van der Waals surface area contributed by atoms with Crippen molar-refractivity contribution in [3.05, 3.63) is 64.8 Å². The number of fused-ring (bicyclic) bond motifs is 1. The largest absolute Gasteiger partial charge is 0.399 e. The number of nitrogens with one attached hydrogen (secondary N) is 1. The highest BCUT2D eigenvalue weighted by Crippen LogP contribution is 2.21. The molecule has 1 amide bonds. The van der Waals surface area contributed by atoms with Crippen LogP contribution in [0.5, 0.6) is 0 Å². The number of carbonyl (C=O) groups excluding carboxylic acids is 1. The lowest BCUT2D eigenvalue weighted by Crippen LogP contribution is -2.15. The van der Waals surface area contributed by atoms with E-state index in [2.05, 4.69) is 10.3 Å². The van der Waals surface area contributed by atoms with Crippen LogP contribution in [0, 0.1) is 6.92 Å². The number of nitrogens with two attached hydrogens (primary N) is 1. The van der Waals surface area contributed by atoms with Gasteiger partial charge in [0.2, 0.25) is 5.91 Å². The van der Waals surface area contributed by atoms with Crippen LogP contribution in [0.15, 0.2) is 48.5 Å². The molecule has 0 spiro atoms. The SMILES string of the molecule is Cc1ccc(Cl)cc1NC(=O)Cc1ccc2cc(N)ccc2n1. The van der Waals surface area contributed by atoms with Crippen LogP contribution < -0.4 is 11.1 Å². The minimum Gasteiger partial charge on any atom is -0.399 e. The number of hydrogen-bond donors (Lipinski definition) is 2. The predicted octanol–water partition coefficient (Wildman–Crippen LogP) is 3.96. The summed E-state index contributed by atoms with van der Waals surface area (Å²) >= 11 is 5.96. The summed E-state index contributed by atoms with van der Waals surface area (Å²) in [4.78, 5) is 16.7. The molecule has 4 nitrogen and oxygen atoms in total. The van der Waals surface area contributed by atoms with Crippen LogP contribution in [0.3, 0.4) is 0 Å². The Hall–Kier alpha value is -2.59. The van der Waals surface area contributed by atoms with E-state index in [1.807, 2.05) is 37.3 Å². The first-order valence-corrected chi connectivity index (χ1v) is 7.60. The Labute approximate surface area is 139 Å². The first-order chi connectivity index (χ1) is 11.0. The van der Waals surface area contributed by atoms with Crippen LogP contribution in [0.4, 0.5) is 11.4 Å². The van der Waals surface area contributed by atoms with Gasteiger partial charge in [0.25, 0.3) is 0 Å². The van der Waals surface area contributed by atoms with Gasteiger partial charge in [0, 0.05) is 21.8 Å². The molecule has 0 atom stereocenters. The maximum Gasteiger partial charge on any atom is 0.230 e. The van der Waals surface area contributed by atoms with Crippen molar-refractivity contribution in [3.8, 4) is 0 Å². The molecule has 0 aliphatic carbocycles. The number of pyridine rings is 1. The first kappa shape index (κ1) is 15.3. The van der Waals surface area contributed by atoms with Gasteiger partial charge in [-0.15, -0.1) is 0 Å². The van der Waals surface area contributed by atoms with Gasteiger partial charge in [0.15, 0.2) is 0 Å². The highest BCUT2D eigenvalue weighted by molar-refractivity contribution is 6.31. The van der Waals surface area contributed by atoms with Crippen LogP contribution in [0.25, 0.3) is 10.9 Å². The van der Waals surface area contributed by atoms with Gasteiger partial charge in [0.1, 0.15) is 0 Å². The number of nitrogen functional groups attached to an aromatic ring is 1. The predicted molar refractivity (Wildman–Crippen MR) is 94.7 cm³/mol. The van der Waals surface area contributed by atoms with Gasteiger partial charge in [-0.2, -0.15) is 0 Å². The number of carbonyl (C=O) groups is 1. The van der Waals surface area contributed by atoms with Gasteiger partial charge in [-0.05, 0) is 48.9 Å². The van der Waals surface area contributed by atoms with E-state index in [-0.39, 0.29) is 12.3 Å². The Bertz CT molecular complexity index is 893. The zero-order valence-corrected chi connectivity index (χ0v) is 13.4. The highest BCUT2D eigenvalue weighted by Gasteiger charge is 2.08. The molecular weight excluding hydrogens is 310 g/mol. The van der Waals surface area contributed by atoms with Gasteiger partial charge in [-0.1, -0.05) is 23.7 Å². The fraction of sp³-hybridized carbons (Fsp3) is 0.111. The third kappa shape index (κ3) is 3.60. The molecule has 2 aromatic carbocycles. The lowest BCUT2D eigenvalue weighted by atomic mass is 10.1. The fourth-order valence-corrected chi connectivity index (χ4v) is 2.54. The summed E-state index contributed by atoms with van der Waals surface area (Å²) < 4.78 is 0. The lowest BCUT2D eigenvalue weighted by molar-refractivity contribution is -0.115. The fourth-order valence-electron chi connectivity index (χ4n) is 2.37. The van der Waals surface area contributed by atoms with E-state index in [4.69, 9.17) is 17.3 Å². The molecule has 0 aliphatic heterocycles. The number of hydrogen-bond acceptors (Lipinski definition) is 3. The number of nitrogens with zero attached hydrogens (tertiary/aromatic N) is 1. The minimum absolute atomic E-state index is 0.127. The van der Waals surface area contributed by atoms with E-state index in [0.29, 0.717) is 16.4 Å². The van der Waals surface area contributed by atoms with Crippen LogP contribution in [-0.2, 0) is 11.2 Å². The third-order valence-corrected chi connectivity index (χ3v) is 3.82. The van der Waals surface area contributed by atoms with Crippen LogP contribution in [-0.4, -0.2) is 10.9 Å². The molecule has 0 unspecified atom stereocenters. The molecule has 116 valence electrons. The molecule has 3 aromatic rings. The topological polar surface area (TPSA) is 68.0 Å². The smallest absolute Gasteiger partial charge is 0.230 e. The molecule has 1 heterocycles. The van der Waals surface area contributed by atoms with Gasteiger partial charge in [-0.25, -0.2) is 0 Å². The quantitative estimate of drug-likeness (QED) is 0.716. The maximum absolute atomic E-state index is 12.2. The van der Waals surface area contributed by atoms with Gasteiger partial charge in [0.05, 0.1) is 17.6 Å². The Morgan fingerprint density at radius 2 is 2.00 bits per heavy atom. The molecule has 3 N–H and O–H groups in total. The first-order valence-electron chi connectivity index (χ1n) is 7.22. The Morgan fingerprint density at radius 1 is 1.17 bits per heavy atom. The van der Waals surface area contributed by atoms with Crippen LogP contribution >= 0.6 is 11.6 Å². The average molecular weight is 326 g/mol. The number of benzene rings is 2. The van der Waals surface area contributed by atoms with Crippen molar-refractivity contribution in [2.24, 2.45) is 0 Å². The standard InChI is InChI=1S/C18H16ClN3O/c1-11-2-4-13(19)9-17(11)22-18(23)10-15-6-3-12-8-14(20)5-7-16(12)21-15/h2-9H,10,20H2,1H3,(H,22,23). The van der Waals surface area contributed by atoms with Crippen molar-refractivity contribution < 1.29 is 4.79 Å². The molecule has 0 fully saturated rings. The zero-order chi connectivity index (χ0) is 16.4. The van der Waals surface area contributed by atoms with Crippen molar-refractivity contribution in [3.63, 3.8) is 0 Å². The van der Waals surface area contributed by atoms with Crippen molar-refractivity contribution in [1.82, 2.24) is 4.98 Å². The number of rotatable bonds is 3. The van der Waals surface area contributed by atoms with Gasteiger partial charge >= 0.3 is 0 Å². The summed E-state index contributed by atoms with van der Waals surface area (Å²) in [5.74, 6) is -0.127. The Balaban J connectivity index is 1.77. The van der Waals surface area contributed by atoms with E-state index in [1.54, 1.807) is 18.2 Å². The summed E-state index contributed by atoms with van der Waals surface area (Å²) in [5.41, 5.74) is 9.66. The lowest BCUT2D eigenvalue weighted by Gasteiger charge is -2.09. The van der Waals surface area contributed by atoms with Gasteiger partial charge in [-0.3, -0.25) is 9.78 Å². The summed E-state index contributed by atoms with van der Waals surface area (Å²) in [6.45, 7) is 1.92. The average Bonchev–Trinajstić information content (AvgIpc) is 2.51. The Morgan fingerprint density at radius 3 is 2.83 bits per heavy atom. The molecule has 5 heteroatoms. The summed E-state index contributed by atoms with van der Waals surface area (Å²) in [6.07, 6.45) is 0.201. The molecular formula is C18H16ClN3O. The van der Waals surface area contributed by atoms with E-state index in [9.17, 15) is 4.79 Å². The van der Waals surface area contributed by atoms with Crippen LogP contribution in [0.1, 0.15) is 11.3 Å². The Kier molecular flexibility index (Phi) is 4.17. The number of anilines is 2. The second-order valence-corrected chi connectivity index (χ2v) is 5.88. The van der Waals surface area contributed by atoms with Crippen molar-refractivity contribution >= 4 is 39.8 Å². The van der Waals surface area contributed by atoms with Crippen molar-refractivity contribution in [2.75, 3.05) is 11.1 Å². The molecule has 0 radical (unpaired) electrons. The highest BCUT2D eigenvalue weighted by atomic mass is 35.5. The molecule has 0 bridgehead atoms.